The molecule has 3 aromatic rings. The largest absolute Gasteiger partial charge is 0.343 e. The number of hydrogen-bond donors (Lipinski definition) is 1. The standard InChI is InChI=1S/C22H22N4O3/c1-15-7-9-17(10-8-15)22(28)23-12-19-24-21(25-29-19)18-11-20(27)26(14-18)13-16-5-3-2-4-6-16/h2-10,18H,11-14H2,1H3,(H,23,28). The summed E-state index contributed by atoms with van der Waals surface area (Å²) in [5, 5.41) is 6.80. The van der Waals surface area contributed by atoms with Crippen LogP contribution < -0.4 is 5.32 Å². The van der Waals surface area contributed by atoms with Gasteiger partial charge in [0.05, 0.1) is 6.54 Å². The Hall–Kier alpha value is -3.48. The molecule has 1 aliphatic heterocycles. The van der Waals surface area contributed by atoms with Gasteiger partial charge in [0, 0.05) is 31.0 Å². The zero-order chi connectivity index (χ0) is 20.2. The highest BCUT2D eigenvalue weighted by Crippen LogP contribution is 2.27. The van der Waals surface area contributed by atoms with Crippen LogP contribution in [0.5, 0.6) is 0 Å². The van der Waals surface area contributed by atoms with Crippen LogP contribution in [0.2, 0.25) is 0 Å². The van der Waals surface area contributed by atoms with Gasteiger partial charge < -0.3 is 14.7 Å². The molecule has 7 nitrogen and oxygen atoms in total. The highest BCUT2D eigenvalue weighted by Gasteiger charge is 2.33. The number of benzene rings is 2. The molecule has 2 aromatic carbocycles. The van der Waals surface area contributed by atoms with E-state index in [1.165, 1.54) is 0 Å². The van der Waals surface area contributed by atoms with Crippen LogP contribution in [0, 0.1) is 6.92 Å². The predicted molar refractivity (Wildman–Crippen MR) is 106 cm³/mol. The van der Waals surface area contributed by atoms with E-state index in [4.69, 9.17) is 4.52 Å². The van der Waals surface area contributed by atoms with Crippen molar-refractivity contribution in [1.82, 2.24) is 20.4 Å². The third kappa shape index (κ3) is 4.51. The Morgan fingerprint density at radius 2 is 1.93 bits per heavy atom. The second-order valence-corrected chi connectivity index (χ2v) is 7.26. The van der Waals surface area contributed by atoms with E-state index in [0.29, 0.717) is 36.8 Å². The quantitative estimate of drug-likeness (QED) is 0.699. The lowest BCUT2D eigenvalue weighted by Crippen LogP contribution is -2.24. The van der Waals surface area contributed by atoms with Crippen LogP contribution in [-0.4, -0.2) is 33.4 Å². The average molecular weight is 390 g/mol. The molecule has 29 heavy (non-hydrogen) atoms. The summed E-state index contributed by atoms with van der Waals surface area (Å²) >= 11 is 0. The van der Waals surface area contributed by atoms with E-state index >= 15 is 0 Å². The number of carbonyl (C=O) groups excluding carboxylic acids is 2. The molecule has 1 fully saturated rings. The molecule has 1 atom stereocenters. The maximum absolute atomic E-state index is 12.3. The van der Waals surface area contributed by atoms with Crippen LogP contribution in [-0.2, 0) is 17.9 Å². The summed E-state index contributed by atoms with van der Waals surface area (Å²) in [5.41, 5.74) is 2.76. The lowest BCUT2D eigenvalue weighted by Gasteiger charge is -2.15. The highest BCUT2D eigenvalue weighted by molar-refractivity contribution is 5.94. The second-order valence-electron chi connectivity index (χ2n) is 7.26. The van der Waals surface area contributed by atoms with E-state index in [1.807, 2.05) is 54.3 Å². The zero-order valence-corrected chi connectivity index (χ0v) is 16.2. The Balaban J connectivity index is 1.33. The first-order chi connectivity index (χ1) is 14.1. The molecule has 7 heteroatoms. The van der Waals surface area contributed by atoms with Crippen LogP contribution >= 0.6 is 0 Å². The number of likely N-dealkylation sites (tertiary alicyclic amines) is 1. The summed E-state index contributed by atoms with van der Waals surface area (Å²) in [5.74, 6) is 0.618. The van der Waals surface area contributed by atoms with Crippen molar-refractivity contribution in [2.75, 3.05) is 6.54 Å². The SMILES string of the molecule is Cc1ccc(C(=O)NCc2nc(C3CC(=O)N(Cc4ccccc4)C3)no2)cc1. The number of nitrogens with zero attached hydrogens (tertiary/aromatic N) is 3. The van der Waals surface area contributed by atoms with Gasteiger partial charge in [0.2, 0.25) is 11.8 Å². The third-order valence-corrected chi connectivity index (χ3v) is 4.99. The molecule has 4 rings (SSSR count). The molecule has 0 spiro atoms. The topological polar surface area (TPSA) is 88.3 Å². The first-order valence-electron chi connectivity index (χ1n) is 9.57. The zero-order valence-electron chi connectivity index (χ0n) is 16.2. The minimum Gasteiger partial charge on any atom is -0.343 e. The van der Waals surface area contributed by atoms with Crippen molar-refractivity contribution >= 4 is 11.8 Å². The summed E-state index contributed by atoms with van der Waals surface area (Å²) in [6.07, 6.45) is 0.363. The third-order valence-electron chi connectivity index (χ3n) is 4.99. The Morgan fingerprint density at radius 3 is 2.69 bits per heavy atom. The second kappa shape index (κ2) is 8.26. The smallest absolute Gasteiger partial charge is 0.251 e. The Labute approximate surface area is 168 Å². The molecular formula is C22H22N4O3. The van der Waals surface area contributed by atoms with E-state index in [0.717, 1.165) is 11.1 Å². The molecule has 1 aliphatic rings. The number of hydrogen-bond acceptors (Lipinski definition) is 5. The number of carbonyl (C=O) groups is 2. The van der Waals surface area contributed by atoms with E-state index in [1.54, 1.807) is 12.1 Å². The lowest BCUT2D eigenvalue weighted by atomic mass is 10.1. The molecule has 0 saturated carbocycles. The average Bonchev–Trinajstić information content (AvgIpc) is 3.34. The number of aromatic nitrogens is 2. The van der Waals surface area contributed by atoms with Crippen molar-refractivity contribution in [3.05, 3.63) is 83.0 Å². The number of nitrogens with one attached hydrogen (secondary N) is 1. The molecule has 1 aromatic heterocycles. The van der Waals surface area contributed by atoms with E-state index in [9.17, 15) is 9.59 Å². The van der Waals surface area contributed by atoms with E-state index < -0.39 is 0 Å². The molecule has 2 amide bonds. The lowest BCUT2D eigenvalue weighted by molar-refractivity contribution is -0.128. The molecule has 1 unspecified atom stereocenters. The van der Waals surface area contributed by atoms with Crippen molar-refractivity contribution in [1.29, 1.82) is 0 Å². The minimum atomic E-state index is -0.199. The summed E-state index contributed by atoms with van der Waals surface area (Å²) < 4.78 is 5.27. The molecule has 1 saturated heterocycles. The summed E-state index contributed by atoms with van der Waals surface area (Å²) in [6.45, 7) is 3.25. The van der Waals surface area contributed by atoms with Gasteiger partial charge in [-0.2, -0.15) is 4.98 Å². The molecule has 2 heterocycles. The van der Waals surface area contributed by atoms with Gasteiger partial charge in [-0.25, -0.2) is 0 Å². The summed E-state index contributed by atoms with van der Waals surface area (Å²) in [6, 6.07) is 17.2. The van der Waals surface area contributed by atoms with Crippen molar-refractivity contribution in [3.63, 3.8) is 0 Å². The Kier molecular flexibility index (Phi) is 5.37. The van der Waals surface area contributed by atoms with Crippen LogP contribution in [0.3, 0.4) is 0 Å². The van der Waals surface area contributed by atoms with Gasteiger partial charge >= 0.3 is 0 Å². The van der Waals surface area contributed by atoms with Crippen molar-refractivity contribution < 1.29 is 14.1 Å². The molecular weight excluding hydrogens is 368 g/mol. The molecule has 0 radical (unpaired) electrons. The summed E-state index contributed by atoms with van der Waals surface area (Å²) in [4.78, 5) is 30.7. The van der Waals surface area contributed by atoms with Gasteiger partial charge in [-0.3, -0.25) is 9.59 Å². The Bertz CT molecular complexity index is 998. The van der Waals surface area contributed by atoms with Crippen LogP contribution in [0.1, 0.15) is 45.5 Å². The fourth-order valence-electron chi connectivity index (χ4n) is 3.37. The van der Waals surface area contributed by atoms with Gasteiger partial charge in [-0.05, 0) is 24.6 Å². The Morgan fingerprint density at radius 1 is 1.17 bits per heavy atom. The molecule has 0 aliphatic carbocycles. The molecule has 0 bridgehead atoms. The minimum absolute atomic E-state index is 0.0814. The van der Waals surface area contributed by atoms with Gasteiger partial charge in [-0.15, -0.1) is 0 Å². The monoisotopic (exact) mass is 390 g/mol. The van der Waals surface area contributed by atoms with Gasteiger partial charge in [-0.1, -0.05) is 53.2 Å². The normalized spacial score (nSPS) is 16.2. The van der Waals surface area contributed by atoms with Crippen molar-refractivity contribution in [2.24, 2.45) is 0 Å². The van der Waals surface area contributed by atoms with Crippen LogP contribution in [0.15, 0.2) is 59.1 Å². The number of amides is 2. The van der Waals surface area contributed by atoms with Crippen LogP contribution in [0.4, 0.5) is 0 Å². The first-order valence-corrected chi connectivity index (χ1v) is 9.57. The summed E-state index contributed by atoms with van der Waals surface area (Å²) in [7, 11) is 0. The highest BCUT2D eigenvalue weighted by atomic mass is 16.5. The van der Waals surface area contributed by atoms with Crippen molar-refractivity contribution in [3.8, 4) is 0 Å². The predicted octanol–water partition coefficient (Wildman–Crippen LogP) is 2.82. The fourth-order valence-corrected chi connectivity index (χ4v) is 3.37. The van der Waals surface area contributed by atoms with Gasteiger partial charge in [0.25, 0.3) is 5.91 Å². The molecule has 1 N–H and O–H groups in total. The maximum atomic E-state index is 12.3. The number of rotatable bonds is 6. The van der Waals surface area contributed by atoms with Crippen molar-refractivity contribution in [2.45, 2.75) is 32.4 Å². The number of aryl methyl sites for hydroxylation is 1. The first kappa shape index (κ1) is 18.9. The van der Waals surface area contributed by atoms with E-state index in [2.05, 4.69) is 15.5 Å². The van der Waals surface area contributed by atoms with E-state index in [-0.39, 0.29) is 24.3 Å². The van der Waals surface area contributed by atoms with Gasteiger partial charge in [0.1, 0.15) is 0 Å². The maximum Gasteiger partial charge on any atom is 0.251 e. The van der Waals surface area contributed by atoms with Crippen LogP contribution in [0.25, 0.3) is 0 Å². The fraction of sp³-hybridized carbons (Fsp3) is 0.273. The molecule has 148 valence electrons. The van der Waals surface area contributed by atoms with Gasteiger partial charge in [0.15, 0.2) is 5.82 Å².